The molecule has 0 unspecified atom stereocenters. The summed E-state index contributed by atoms with van der Waals surface area (Å²) in [5, 5.41) is 24.6. The average molecular weight is 522 g/mol. The third-order valence-corrected chi connectivity index (χ3v) is 6.91. The molecule has 1 atom stereocenters. The quantitative estimate of drug-likeness (QED) is 0.279. The molecule has 1 aliphatic carbocycles. The zero-order chi connectivity index (χ0) is 28.1. The van der Waals surface area contributed by atoms with E-state index < -0.39 is 28.5 Å². The van der Waals surface area contributed by atoms with Gasteiger partial charge in [0.05, 0.1) is 24.4 Å². The van der Waals surface area contributed by atoms with Crippen LogP contribution in [0.25, 0.3) is 0 Å². The van der Waals surface area contributed by atoms with Gasteiger partial charge in [-0.25, -0.2) is 0 Å². The number of hydrogen-bond acceptors (Lipinski definition) is 9. The van der Waals surface area contributed by atoms with Crippen LogP contribution < -0.4 is 19.5 Å². The lowest BCUT2D eigenvalue weighted by atomic mass is 9.70. The molecule has 0 fully saturated rings. The number of ketones is 3. The number of benzene rings is 2. The summed E-state index contributed by atoms with van der Waals surface area (Å²) < 4.78 is 17.0. The number of carbonyl (C=O) groups excluding carboxylic acids is 3. The Kier molecular flexibility index (Phi) is 6.73. The third kappa shape index (κ3) is 4.08. The van der Waals surface area contributed by atoms with Gasteiger partial charge in [0.1, 0.15) is 34.0 Å². The zero-order valence-corrected chi connectivity index (χ0v) is 22.4. The second-order valence-corrected chi connectivity index (χ2v) is 9.89. The maximum absolute atomic E-state index is 13.9. The molecule has 38 heavy (non-hydrogen) atoms. The van der Waals surface area contributed by atoms with Gasteiger partial charge < -0.3 is 29.7 Å². The number of nitrogens with one attached hydrogen (secondary N) is 1. The molecule has 9 heteroatoms. The summed E-state index contributed by atoms with van der Waals surface area (Å²) in [7, 11) is 1.55. The minimum atomic E-state index is -1.56. The number of ether oxygens (including phenoxy) is 3. The van der Waals surface area contributed by atoms with Crippen molar-refractivity contribution < 1.29 is 38.8 Å². The van der Waals surface area contributed by atoms with Crippen molar-refractivity contribution in [2.24, 2.45) is 0 Å². The first-order valence-electron chi connectivity index (χ1n) is 12.2. The number of methoxy groups -OCH3 is 1. The van der Waals surface area contributed by atoms with Crippen LogP contribution in [-0.4, -0.2) is 40.8 Å². The SMILES string of the molecule is COc1cc(CN/C(C)=C2\C(=O)C=C3Oc4c(C(C)=O)c(O)c(C)c(O)c4[C@]3(C)C2=O)ccc1OC(C)C. The monoisotopic (exact) mass is 521 g/mol. The number of rotatable bonds is 7. The van der Waals surface area contributed by atoms with Gasteiger partial charge in [-0.05, 0) is 59.2 Å². The fourth-order valence-corrected chi connectivity index (χ4v) is 4.86. The number of phenolic OH excluding ortho intramolecular Hbond substituents is 2. The highest BCUT2D eigenvalue weighted by molar-refractivity contribution is 6.31. The second kappa shape index (κ2) is 9.55. The van der Waals surface area contributed by atoms with E-state index in [4.69, 9.17) is 14.2 Å². The molecule has 200 valence electrons. The normalized spacial score (nSPS) is 19.4. The lowest BCUT2D eigenvalue weighted by Gasteiger charge is -2.29. The average Bonchev–Trinajstić information content (AvgIpc) is 3.14. The molecule has 2 aliphatic rings. The van der Waals surface area contributed by atoms with Crippen LogP contribution in [0.5, 0.6) is 28.7 Å². The van der Waals surface area contributed by atoms with Crippen molar-refractivity contribution in [3.05, 3.63) is 63.6 Å². The van der Waals surface area contributed by atoms with Crippen molar-refractivity contribution in [1.29, 1.82) is 0 Å². The van der Waals surface area contributed by atoms with E-state index in [-0.39, 0.29) is 45.6 Å². The van der Waals surface area contributed by atoms with Gasteiger partial charge >= 0.3 is 0 Å². The number of Topliss-reactive ketones (excluding diaryl/α,β-unsaturated/α-hetero) is 2. The molecule has 0 aromatic heterocycles. The van der Waals surface area contributed by atoms with E-state index in [0.717, 1.165) is 5.56 Å². The van der Waals surface area contributed by atoms with Crippen molar-refractivity contribution in [1.82, 2.24) is 5.32 Å². The summed E-state index contributed by atoms with van der Waals surface area (Å²) in [6, 6.07) is 5.46. The maximum Gasteiger partial charge on any atom is 0.194 e. The van der Waals surface area contributed by atoms with Crippen LogP contribution in [0.4, 0.5) is 0 Å². The molecule has 4 rings (SSSR count). The summed E-state index contributed by atoms with van der Waals surface area (Å²) in [5.41, 5.74) is -0.525. The van der Waals surface area contributed by atoms with Gasteiger partial charge in [-0.3, -0.25) is 14.4 Å². The molecule has 3 N–H and O–H groups in total. The summed E-state index contributed by atoms with van der Waals surface area (Å²) in [4.78, 5) is 39.3. The molecular weight excluding hydrogens is 490 g/mol. The van der Waals surface area contributed by atoms with E-state index in [1.165, 1.54) is 26.8 Å². The number of allylic oxidation sites excluding steroid dienone is 4. The molecule has 0 saturated carbocycles. The van der Waals surface area contributed by atoms with Crippen LogP contribution in [0.3, 0.4) is 0 Å². The largest absolute Gasteiger partial charge is 0.507 e. The highest BCUT2D eigenvalue weighted by atomic mass is 16.5. The first-order chi connectivity index (χ1) is 17.8. The Hall–Kier alpha value is -4.27. The maximum atomic E-state index is 13.9. The minimum Gasteiger partial charge on any atom is -0.507 e. The van der Waals surface area contributed by atoms with Gasteiger partial charge in [0.15, 0.2) is 28.8 Å². The Bertz CT molecular complexity index is 1450. The Morgan fingerprint density at radius 3 is 2.42 bits per heavy atom. The lowest BCUT2D eigenvalue weighted by molar-refractivity contribution is -0.123. The Morgan fingerprint density at radius 2 is 1.82 bits per heavy atom. The zero-order valence-electron chi connectivity index (χ0n) is 22.4. The van der Waals surface area contributed by atoms with E-state index in [1.54, 1.807) is 20.1 Å². The fraction of sp³-hybridized carbons (Fsp3) is 0.345. The molecular formula is C29H31NO8. The molecule has 0 saturated heterocycles. The van der Waals surface area contributed by atoms with Gasteiger partial charge in [-0.15, -0.1) is 0 Å². The van der Waals surface area contributed by atoms with Gasteiger partial charge in [0.2, 0.25) is 0 Å². The van der Waals surface area contributed by atoms with Crippen molar-refractivity contribution >= 4 is 17.3 Å². The Balaban J connectivity index is 1.72. The van der Waals surface area contributed by atoms with E-state index in [9.17, 15) is 24.6 Å². The third-order valence-electron chi connectivity index (χ3n) is 6.91. The fourth-order valence-electron chi connectivity index (χ4n) is 4.86. The van der Waals surface area contributed by atoms with Gasteiger partial charge in [-0.2, -0.15) is 0 Å². The van der Waals surface area contributed by atoms with E-state index in [1.807, 2.05) is 26.0 Å². The van der Waals surface area contributed by atoms with Gasteiger partial charge in [0.25, 0.3) is 0 Å². The first kappa shape index (κ1) is 26.8. The van der Waals surface area contributed by atoms with Crippen LogP contribution in [0.15, 0.2) is 41.3 Å². The predicted molar refractivity (Wildman–Crippen MR) is 139 cm³/mol. The Morgan fingerprint density at radius 1 is 1.13 bits per heavy atom. The Labute approximate surface area is 220 Å². The second-order valence-electron chi connectivity index (χ2n) is 9.89. The smallest absolute Gasteiger partial charge is 0.194 e. The van der Waals surface area contributed by atoms with Crippen LogP contribution in [-0.2, 0) is 21.5 Å². The molecule has 1 heterocycles. The molecule has 2 aromatic carbocycles. The molecule has 1 aliphatic heterocycles. The van der Waals surface area contributed by atoms with E-state index in [2.05, 4.69) is 5.32 Å². The molecule has 0 amide bonds. The van der Waals surface area contributed by atoms with Crippen molar-refractivity contribution in [3.63, 3.8) is 0 Å². The molecule has 0 spiro atoms. The highest BCUT2D eigenvalue weighted by Crippen LogP contribution is 2.57. The lowest BCUT2D eigenvalue weighted by Crippen LogP contribution is -2.41. The van der Waals surface area contributed by atoms with Crippen LogP contribution in [0.1, 0.15) is 61.7 Å². The van der Waals surface area contributed by atoms with Crippen molar-refractivity contribution in [2.75, 3.05) is 7.11 Å². The summed E-state index contributed by atoms with van der Waals surface area (Å²) >= 11 is 0. The van der Waals surface area contributed by atoms with Gasteiger partial charge in [-0.1, -0.05) is 6.07 Å². The van der Waals surface area contributed by atoms with Crippen molar-refractivity contribution in [3.8, 4) is 28.7 Å². The number of hydrogen-bond donors (Lipinski definition) is 3. The topological polar surface area (TPSA) is 131 Å². The number of fused-ring (bicyclic) bond motifs is 3. The van der Waals surface area contributed by atoms with E-state index in [0.29, 0.717) is 23.7 Å². The summed E-state index contributed by atoms with van der Waals surface area (Å²) in [6.45, 7) is 9.98. The molecule has 2 aromatic rings. The predicted octanol–water partition coefficient (Wildman–Crippen LogP) is 4.15. The molecule has 0 radical (unpaired) electrons. The van der Waals surface area contributed by atoms with Crippen LogP contribution in [0.2, 0.25) is 0 Å². The van der Waals surface area contributed by atoms with Crippen molar-refractivity contribution in [2.45, 2.75) is 59.6 Å². The van der Waals surface area contributed by atoms with Crippen LogP contribution in [0, 0.1) is 6.92 Å². The molecule has 0 bridgehead atoms. The standard InChI is InChI=1S/C29H31NO8/c1-13(2)37-19-9-8-17(10-20(19)36-7)12-30-15(4)22-18(32)11-21-29(6,28(22)35)24-26(34)14(3)25(33)23(16(5)31)27(24)38-21/h8-11,13,30,33-34H,12H2,1-7H3/b22-15+/t29-/m1/s1. The summed E-state index contributed by atoms with van der Waals surface area (Å²) in [6.07, 6.45) is 1.17. The number of aromatic hydroxyl groups is 2. The minimum absolute atomic E-state index is 0.00710. The van der Waals surface area contributed by atoms with Crippen LogP contribution >= 0.6 is 0 Å². The number of carbonyl (C=O) groups is 3. The highest BCUT2D eigenvalue weighted by Gasteiger charge is 2.56. The van der Waals surface area contributed by atoms with E-state index >= 15 is 0 Å². The first-order valence-corrected chi connectivity index (χ1v) is 12.2. The van der Waals surface area contributed by atoms with Gasteiger partial charge in [0, 0.05) is 23.9 Å². The molecule has 9 nitrogen and oxygen atoms in total. The number of phenols is 2. The summed E-state index contributed by atoms with van der Waals surface area (Å²) in [5.74, 6) is -1.40.